The van der Waals surface area contributed by atoms with Crippen LogP contribution in [0.5, 0.6) is 5.75 Å². The smallest absolute Gasteiger partial charge is 0.333 e. The standard InChI is InChI=1S/C20H25N3O3S/c1-13-3-6-16(7-4-13)26-10-9-21-20(25)23-22-19(24)18-12-15-11-14(2)5-8-17(15)27-18/h3-4,6-7,12,14H,5,8-11H2,1-2H3,(H,22,24)(H2,21,23,25). The van der Waals surface area contributed by atoms with Gasteiger partial charge in [-0.15, -0.1) is 11.3 Å². The van der Waals surface area contributed by atoms with Crippen LogP contribution in [0.1, 0.15) is 39.0 Å². The van der Waals surface area contributed by atoms with Crippen LogP contribution in [0.15, 0.2) is 30.3 Å². The van der Waals surface area contributed by atoms with Crippen LogP contribution >= 0.6 is 11.3 Å². The van der Waals surface area contributed by atoms with E-state index < -0.39 is 6.03 Å². The van der Waals surface area contributed by atoms with Crippen LogP contribution < -0.4 is 20.9 Å². The largest absolute Gasteiger partial charge is 0.492 e. The summed E-state index contributed by atoms with van der Waals surface area (Å²) in [7, 11) is 0. The molecule has 1 aliphatic carbocycles. The van der Waals surface area contributed by atoms with Crippen LogP contribution in [-0.4, -0.2) is 25.1 Å². The SMILES string of the molecule is Cc1ccc(OCCNC(=O)NNC(=O)c2cc3c(s2)CCC(C)C3)cc1. The van der Waals surface area contributed by atoms with Crippen molar-refractivity contribution >= 4 is 23.3 Å². The number of aryl methyl sites for hydroxylation is 2. The molecule has 6 nitrogen and oxygen atoms in total. The first kappa shape index (κ1) is 19.2. The van der Waals surface area contributed by atoms with Crippen molar-refractivity contribution in [3.8, 4) is 5.75 Å². The second-order valence-corrected chi connectivity index (χ2v) is 8.04. The lowest BCUT2D eigenvalue weighted by Crippen LogP contribution is -2.47. The summed E-state index contributed by atoms with van der Waals surface area (Å²) in [4.78, 5) is 25.9. The highest BCUT2D eigenvalue weighted by Gasteiger charge is 2.20. The van der Waals surface area contributed by atoms with E-state index in [1.807, 2.05) is 37.3 Å². The predicted octanol–water partition coefficient (Wildman–Crippen LogP) is 3.20. The summed E-state index contributed by atoms with van der Waals surface area (Å²) in [6.45, 7) is 4.92. The van der Waals surface area contributed by atoms with E-state index in [-0.39, 0.29) is 5.91 Å². The van der Waals surface area contributed by atoms with Gasteiger partial charge >= 0.3 is 6.03 Å². The quantitative estimate of drug-likeness (QED) is 0.544. The summed E-state index contributed by atoms with van der Waals surface area (Å²) < 4.78 is 5.53. The average molecular weight is 388 g/mol. The number of urea groups is 1. The number of benzene rings is 1. The molecule has 1 aromatic carbocycles. The number of ether oxygens (including phenoxy) is 1. The normalized spacial score (nSPS) is 15.6. The van der Waals surface area contributed by atoms with Crippen molar-refractivity contribution in [3.05, 3.63) is 51.2 Å². The molecular formula is C20H25N3O3S. The Morgan fingerprint density at radius 3 is 2.78 bits per heavy atom. The highest BCUT2D eigenvalue weighted by molar-refractivity contribution is 7.14. The van der Waals surface area contributed by atoms with Gasteiger partial charge in [-0.05, 0) is 55.9 Å². The lowest BCUT2D eigenvalue weighted by molar-refractivity contribution is 0.0940. The van der Waals surface area contributed by atoms with Crippen molar-refractivity contribution in [2.75, 3.05) is 13.2 Å². The second-order valence-electron chi connectivity index (χ2n) is 6.90. The topological polar surface area (TPSA) is 79.5 Å². The molecule has 7 heteroatoms. The molecule has 1 unspecified atom stereocenters. The molecule has 3 rings (SSSR count). The van der Waals surface area contributed by atoms with Gasteiger partial charge in [-0.1, -0.05) is 24.6 Å². The van der Waals surface area contributed by atoms with E-state index in [1.54, 1.807) is 0 Å². The summed E-state index contributed by atoms with van der Waals surface area (Å²) in [5, 5.41) is 2.64. The number of carbonyl (C=O) groups excluding carboxylic acids is 2. The zero-order chi connectivity index (χ0) is 19.2. The van der Waals surface area contributed by atoms with E-state index in [4.69, 9.17) is 4.74 Å². The Hall–Kier alpha value is -2.54. The fourth-order valence-corrected chi connectivity index (χ4v) is 4.11. The van der Waals surface area contributed by atoms with Crippen LogP contribution in [0.3, 0.4) is 0 Å². The zero-order valence-corrected chi connectivity index (χ0v) is 16.4. The van der Waals surface area contributed by atoms with Crippen molar-refractivity contribution in [2.24, 2.45) is 5.92 Å². The van der Waals surface area contributed by atoms with E-state index in [9.17, 15) is 9.59 Å². The van der Waals surface area contributed by atoms with E-state index in [2.05, 4.69) is 23.1 Å². The van der Waals surface area contributed by atoms with E-state index in [0.29, 0.717) is 23.9 Å². The van der Waals surface area contributed by atoms with E-state index >= 15 is 0 Å². The molecule has 1 aliphatic rings. The van der Waals surface area contributed by atoms with Crippen LogP contribution in [0.4, 0.5) is 4.79 Å². The van der Waals surface area contributed by atoms with Gasteiger partial charge < -0.3 is 10.1 Å². The third-order valence-corrected chi connectivity index (χ3v) is 5.76. The Kier molecular flexibility index (Phi) is 6.34. The first-order valence-electron chi connectivity index (χ1n) is 9.16. The van der Waals surface area contributed by atoms with Crippen molar-refractivity contribution in [1.82, 2.24) is 16.2 Å². The molecule has 1 aromatic heterocycles. The average Bonchev–Trinajstić information content (AvgIpc) is 3.08. The van der Waals surface area contributed by atoms with Crippen LogP contribution in [-0.2, 0) is 12.8 Å². The van der Waals surface area contributed by atoms with Gasteiger partial charge in [-0.2, -0.15) is 0 Å². The number of hydrazine groups is 1. The maximum Gasteiger partial charge on any atom is 0.333 e. The van der Waals surface area contributed by atoms with Crippen LogP contribution in [0.25, 0.3) is 0 Å². The number of fused-ring (bicyclic) bond motifs is 1. The minimum atomic E-state index is -0.467. The van der Waals surface area contributed by atoms with Gasteiger partial charge in [0, 0.05) is 4.88 Å². The van der Waals surface area contributed by atoms with Gasteiger partial charge in [0.2, 0.25) is 0 Å². The molecule has 0 radical (unpaired) electrons. The number of thiophene rings is 1. The van der Waals surface area contributed by atoms with Gasteiger partial charge in [0.25, 0.3) is 5.91 Å². The van der Waals surface area contributed by atoms with Gasteiger partial charge in [0.05, 0.1) is 11.4 Å². The minimum absolute atomic E-state index is 0.284. The maximum absolute atomic E-state index is 12.2. The van der Waals surface area contributed by atoms with E-state index in [0.717, 1.165) is 24.2 Å². The number of hydrogen-bond donors (Lipinski definition) is 3. The monoisotopic (exact) mass is 387 g/mol. The van der Waals surface area contributed by atoms with Crippen molar-refractivity contribution in [3.63, 3.8) is 0 Å². The molecule has 144 valence electrons. The summed E-state index contributed by atoms with van der Waals surface area (Å²) in [6.07, 6.45) is 3.22. The summed E-state index contributed by atoms with van der Waals surface area (Å²) in [6, 6.07) is 9.18. The van der Waals surface area contributed by atoms with Crippen LogP contribution in [0.2, 0.25) is 0 Å². The molecule has 0 saturated heterocycles. The second kappa shape index (κ2) is 8.90. The molecular weight excluding hydrogens is 362 g/mol. The van der Waals surface area contributed by atoms with Gasteiger partial charge in [0.15, 0.2) is 0 Å². The molecule has 1 atom stereocenters. The Morgan fingerprint density at radius 1 is 1.22 bits per heavy atom. The summed E-state index contributed by atoms with van der Waals surface area (Å²) >= 11 is 1.51. The van der Waals surface area contributed by atoms with Gasteiger partial charge in [-0.25, -0.2) is 10.2 Å². The first-order chi connectivity index (χ1) is 13.0. The van der Waals surface area contributed by atoms with Crippen LogP contribution in [0, 0.1) is 12.8 Å². The number of carbonyl (C=O) groups is 2. The molecule has 3 amide bonds. The Morgan fingerprint density at radius 2 is 2.00 bits per heavy atom. The van der Waals surface area contributed by atoms with Crippen molar-refractivity contribution < 1.29 is 14.3 Å². The molecule has 3 N–H and O–H groups in total. The third-order valence-electron chi connectivity index (χ3n) is 4.52. The highest BCUT2D eigenvalue weighted by atomic mass is 32.1. The number of rotatable bonds is 5. The van der Waals surface area contributed by atoms with Gasteiger partial charge in [-0.3, -0.25) is 10.2 Å². The lowest BCUT2D eigenvalue weighted by atomic mass is 9.90. The van der Waals surface area contributed by atoms with Crippen molar-refractivity contribution in [1.29, 1.82) is 0 Å². The Balaban J connectivity index is 1.36. The van der Waals surface area contributed by atoms with E-state index in [1.165, 1.54) is 28.2 Å². The molecule has 1 heterocycles. The predicted molar refractivity (Wildman–Crippen MR) is 106 cm³/mol. The fraction of sp³-hybridized carbons (Fsp3) is 0.400. The lowest BCUT2D eigenvalue weighted by Gasteiger charge is -2.16. The number of hydrogen-bond acceptors (Lipinski definition) is 4. The van der Waals surface area contributed by atoms with Crippen molar-refractivity contribution in [2.45, 2.75) is 33.1 Å². The minimum Gasteiger partial charge on any atom is -0.492 e. The fourth-order valence-electron chi connectivity index (χ4n) is 3.00. The maximum atomic E-state index is 12.2. The molecule has 0 fully saturated rings. The molecule has 27 heavy (non-hydrogen) atoms. The Labute approximate surface area is 163 Å². The Bertz CT molecular complexity index is 801. The molecule has 0 bridgehead atoms. The third kappa shape index (κ3) is 5.47. The summed E-state index contributed by atoms with van der Waals surface area (Å²) in [5.41, 5.74) is 7.26. The van der Waals surface area contributed by atoms with Gasteiger partial charge in [0.1, 0.15) is 12.4 Å². The number of amides is 3. The molecule has 0 saturated carbocycles. The number of nitrogens with one attached hydrogen (secondary N) is 3. The first-order valence-corrected chi connectivity index (χ1v) is 9.98. The molecule has 0 spiro atoms. The highest BCUT2D eigenvalue weighted by Crippen LogP contribution is 2.32. The molecule has 2 aromatic rings. The summed E-state index contributed by atoms with van der Waals surface area (Å²) in [5.74, 6) is 1.13. The zero-order valence-electron chi connectivity index (χ0n) is 15.6. The molecule has 0 aliphatic heterocycles.